The molecule has 0 aliphatic rings. The van der Waals surface area contributed by atoms with Crippen LogP contribution < -0.4 is 5.32 Å². The van der Waals surface area contributed by atoms with Crippen LogP contribution in [0.5, 0.6) is 0 Å². The van der Waals surface area contributed by atoms with E-state index in [4.69, 9.17) is 0 Å². The highest BCUT2D eigenvalue weighted by atomic mass is 79.9. The third kappa shape index (κ3) is 3.13. The molecular formula is C11H20BrN3O2S. The first-order valence-electron chi connectivity index (χ1n) is 5.79. The third-order valence-corrected chi connectivity index (χ3v) is 5.26. The molecule has 1 N–H and O–H groups in total. The van der Waals surface area contributed by atoms with Gasteiger partial charge in [-0.3, -0.25) is 4.68 Å². The molecule has 1 heterocycles. The van der Waals surface area contributed by atoms with Crippen molar-refractivity contribution >= 4 is 25.8 Å². The molecule has 7 heteroatoms. The van der Waals surface area contributed by atoms with Gasteiger partial charge in [0.25, 0.3) is 0 Å². The highest BCUT2D eigenvalue weighted by Gasteiger charge is 2.30. The van der Waals surface area contributed by atoms with Crippen LogP contribution in [-0.2, 0) is 9.84 Å². The maximum absolute atomic E-state index is 11.7. The van der Waals surface area contributed by atoms with Crippen molar-refractivity contribution in [3.63, 3.8) is 0 Å². The zero-order valence-electron chi connectivity index (χ0n) is 11.3. The van der Waals surface area contributed by atoms with Crippen LogP contribution in [0.25, 0.3) is 0 Å². The number of halogens is 1. The number of nitrogens with one attached hydrogen (secondary N) is 1. The van der Waals surface area contributed by atoms with E-state index >= 15 is 0 Å². The highest BCUT2D eigenvalue weighted by Crippen LogP contribution is 2.29. The molecule has 2 atom stereocenters. The van der Waals surface area contributed by atoms with Gasteiger partial charge >= 0.3 is 0 Å². The Morgan fingerprint density at radius 2 is 1.94 bits per heavy atom. The normalized spacial score (nSPS) is 15.9. The topological polar surface area (TPSA) is 64.0 Å². The van der Waals surface area contributed by atoms with Gasteiger partial charge in [0.2, 0.25) is 0 Å². The molecule has 5 nitrogen and oxygen atoms in total. The van der Waals surface area contributed by atoms with E-state index in [1.807, 2.05) is 18.5 Å². The predicted octanol–water partition coefficient (Wildman–Crippen LogP) is 1.92. The van der Waals surface area contributed by atoms with E-state index in [-0.39, 0.29) is 12.1 Å². The average Bonchev–Trinajstić information content (AvgIpc) is 2.61. The monoisotopic (exact) mass is 337 g/mol. The summed E-state index contributed by atoms with van der Waals surface area (Å²) in [7, 11) is -1.36. The first kappa shape index (κ1) is 15.7. The Kier molecular flexibility index (Phi) is 4.97. The molecule has 0 bridgehead atoms. The first-order valence-corrected chi connectivity index (χ1v) is 8.54. The van der Waals surface area contributed by atoms with Crippen LogP contribution in [0.3, 0.4) is 0 Å². The van der Waals surface area contributed by atoms with Gasteiger partial charge < -0.3 is 5.32 Å². The Hall–Kier alpha value is -0.400. The largest absolute Gasteiger partial charge is 0.311 e. The molecule has 0 aliphatic heterocycles. The van der Waals surface area contributed by atoms with Crippen LogP contribution >= 0.6 is 15.9 Å². The summed E-state index contributed by atoms with van der Waals surface area (Å²) in [5.74, 6) is 0. The Bertz CT molecular complexity index is 510. The molecule has 0 amide bonds. The molecule has 0 saturated carbocycles. The lowest BCUT2D eigenvalue weighted by Crippen LogP contribution is -2.35. The minimum atomic E-state index is -3.12. The van der Waals surface area contributed by atoms with Crippen molar-refractivity contribution in [1.29, 1.82) is 0 Å². The van der Waals surface area contributed by atoms with Crippen molar-refractivity contribution in [2.75, 3.05) is 13.3 Å². The van der Waals surface area contributed by atoms with Crippen LogP contribution in [-0.4, -0.2) is 36.8 Å². The van der Waals surface area contributed by atoms with E-state index in [0.717, 1.165) is 10.2 Å². The number of hydrogen-bond acceptors (Lipinski definition) is 4. The molecule has 0 saturated heterocycles. The first-order chi connectivity index (χ1) is 8.20. The van der Waals surface area contributed by atoms with Gasteiger partial charge in [-0.1, -0.05) is 0 Å². The second-order valence-corrected chi connectivity index (χ2v) is 7.97. The van der Waals surface area contributed by atoms with E-state index in [9.17, 15) is 8.42 Å². The summed E-state index contributed by atoms with van der Waals surface area (Å²) < 4.78 is 26.1. The Balaban J connectivity index is 3.29. The summed E-state index contributed by atoms with van der Waals surface area (Å²) in [6, 6.07) is -0.117. The molecule has 104 valence electrons. The second-order valence-electron chi connectivity index (χ2n) is 4.72. The molecule has 0 aromatic carbocycles. The van der Waals surface area contributed by atoms with E-state index in [0.29, 0.717) is 0 Å². The van der Waals surface area contributed by atoms with Crippen LogP contribution in [0, 0.1) is 0 Å². The Labute approximate surface area is 117 Å². The summed E-state index contributed by atoms with van der Waals surface area (Å²) in [4.78, 5) is 0. The Morgan fingerprint density at radius 3 is 2.33 bits per heavy atom. The van der Waals surface area contributed by atoms with Crippen molar-refractivity contribution in [3.8, 4) is 0 Å². The van der Waals surface area contributed by atoms with E-state index in [1.165, 1.54) is 6.26 Å². The van der Waals surface area contributed by atoms with Crippen molar-refractivity contribution < 1.29 is 8.42 Å². The van der Waals surface area contributed by atoms with Gasteiger partial charge in [-0.15, -0.1) is 0 Å². The van der Waals surface area contributed by atoms with Crippen LogP contribution in [0.1, 0.15) is 38.5 Å². The molecule has 0 radical (unpaired) electrons. The third-order valence-electron chi connectivity index (χ3n) is 3.03. The number of sulfone groups is 1. The fraction of sp³-hybridized carbons (Fsp3) is 0.727. The highest BCUT2D eigenvalue weighted by molar-refractivity contribution is 9.10. The number of nitrogens with zero attached hydrogens (tertiary/aromatic N) is 2. The minimum Gasteiger partial charge on any atom is -0.311 e. The van der Waals surface area contributed by atoms with Crippen molar-refractivity contribution in [1.82, 2.24) is 15.1 Å². The molecule has 0 spiro atoms. The zero-order chi connectivity index (χ0) is 14.1. The van der Waals surface area contributed by atoms with Gasteiger partial charge in [0.1, 0.15) is 0 Å². The average molecular weight is 338 g/mol. The van der Waals surface area contributed by atoms with Crippen LogP contribution in [0.15, 0.2) is 10.7 Å². The van der Waals surface area contributed by atoms with Crippen molar-refractivity contribution in [2.24, 2.45) is 0 Å². The van der Waals surface area contributed by atoms with Crippen molar-refractivity contribution in [3.05, 3.63) is 16.4 Å². The van der Waals surface area contributed by atoms with Gasteiger partial charge in [0.15, 0.2) is 9.84 Å². The number of hydrogen-bond donors (Lipinski definition) is 1. The molecular weight excluding hydrogens is 318 g/mol. The maximum atomic E-state index is 11.7. The molecule has 0 aliphatic carbocycles. The molecule has 0 fully saturated rings. The summed E-state index contributed by atoms with van der Waals surface area (Å²) in [5, 5.41) is 6.84. The van der Waals surface area contributed by atoms with E-state index < -0.39 is 15.1 Å². The second kappa shape index (κ2) is 5.71. The van der Waals surface area contributed by atoms with Gasteiger partial charge in [-0.05, 0) is 43.7 Å². The van der Waals surface area contributed by atoms with Gasteiger partial charge in [-0.2, -0.15) is 5.10 Å². The van der Waals surface area contributed by atoms with Gasteiger partial charge in [0.05, 0.1) is 27.7 Å². The van der Waals surface area contributed by atoms with E-state index in [2.05, 4.69) is 26.3 Å². The summed E-state index contributed by atoms with van der Waals surface area (Å²) in [6.07, 6.45) is 2.96. The minimum absolute atomic E-state index is 0.175. The number of aromatic nitrogens is 2. The lowest BCUT2D eigenvalue weighted by Gasteiger charge is -2.25. The zero-order valence-corrected chi connectivity index (χ0v) is 13.7. The quantitative estimate of drug-likeness (QED) is 0.891. The summed E-state index contributed by atoms with van der Waals surface area (Å²) in [6.45, 7) is 5.74. The SMILES string of the molecule is CNC(c1c(Br)cnn1C(C)C)C(C)S(C)(=O)=O. The predicted molar refractivity (Wildman–Crippen MR) is 76.4 cm³/mol. The summed E-state index contributed by atoms with van der Waals surface area (Å²) in [5.41, 5.74) is 0.866. The smallest absolute Gasteiger partial charge is 0.151 e. The molecule has 1 aromatic heterocycles. The summed E-state index contributed by atoms with van der Waals surface area (Å²) >= 11 is 3.44. The lowest BCUT2D eigenvalue weighted by molar-refractivity contribution is 0.450. The molecule has 2 unspecified atom stereocenters. The standard InChI is InChI=1S/C11H20BrN3O2S/c1-7(2)15-11(9(12)6-14-15)10(13-4)8(3)18(5,16)17/h6-8,10,13H,1-5H3. The van der Waals surface area contributed by atoms with E-state index in [1.54, 1.807) is 20.2 Å². The molecule has 1 aromatic rings. The van der Waals surface area contributed by atoms with Crippen molar-refractivity contribution in [2.45, 2.75) is 38.1 Å². The fourth-order valence-corrected chi connectivity index (χ4v) is 3.17. The van der Waals surface area contributed by atoms with Crippen LogP contribution in [0.2, 0.25) is 0 Å². The van der Waals surface area contributed by atoms with Gasteiger partial charge in [0, 0.05) is 12.3 Å². The van der Waals surface area contributed by atoms with Crippen LogP contribution in [0.4, 0.5) is 0 Å². The Morgan fingerprint density at radius 1 is 1.39 bits per heavy atom. The number of rotatable bonds is 5. The molecule has 18 heavy (non-hydrogen) atoms. The maximum Gasteiger partial charge on any atom is 0.151 e. The van der Waals surface area contributed by atoms with Gasteiger partial charge in [-0.25, -0.2) is 8.42 Å². The molecule has 1 rings (SSSR count). The fourth-order valence-electron chi connectivity index (χ4n) is 1.89. The lowest BCUT2D eigenvalue weighted by atomic mass is 10.1.